The maximum Gasteiger partial charge on any atom is 0.298 e. The Morgan fingerprint density at radius 3 is 2.54 bits per heavy atom. The first kappa shape index (κ1) is 14.8. The standard InChI is InChI=1S/C18H17FN4O/c19-13-6-7-16-15(12-13)21-17(22-10-8-20-9-11-22)18(24)23(16)14-4-2-1-3-5-14/h1-7,12,20H,8-11H2. The SMILES string of the molecule is O=c1c(N2CCNCC2)nc2cc(F)ccc2n1-c1ccccc1. The molecule has 5 nitrogen and oxygen atoms in total. The number of rotatable bonds is 2. The number of aromatic nitrogens is 2. The second-order valence-electron chi connectivity index (χ2n) is 5.78. The van der Waals surface area contributed by atoms with Gasteiger partial charge in [0, 0.05) is 37.9 Å². The number of fused-ring (bicyclic) bond motifs is 1. The van der Waals surface area contributed by atoms with Crippen molar-refractivity contribution >= 4 is 16.9 Å². The second-order valence-corrected chi connectivity index (χ2v) is 5.78. The summed E-state index contributed by atoms with van der Waals surface area (Å²) < 4.78 is 15.3. The predicted octanol–water partition coefficient (Wildman–Crippen LogP) is 1.93. The molecule has 0 unspecified atom stereocenters. The molecule has 6 heteroatoms. The van der Waals surface area contributed by atoms with Gasteiger partial charge in [-0.1, -0.05) is 18.2 Å². The molecule has 0 amide bonds. The summed E-state index contributed by atoms with van der Waals surface area (Å²) >= 11 is 0. The van der Waals surface area contributed by atoms with Crippen LogP contribution >= 0.6 is 0 Å². The van der Waals surface area contributed by atoms with Crippen molar-refractivity contribution in [3.8, 4) is 5.69 Å². The Labute approximate surface area is 138 Å². The van der Waals surface area contributed by atoms with Crippen molar-refractivity contribution in [1.82, 2.24) is 14.9 Å². The molecule has 1 aliphatic rings. The van der Waals surface area contributed by atoms with E-state index < -0.39 is 0 Å². The third-order valence-corrected chi connectivity index (χ3v) is 4.23. The Kier molecular flexibility index (Phi) is 3.74. The molecule has 2 aromatic carbocycles. The fraction of sp³-hybridized carbons (Fsp3) is 0.222. The predicted molar refractivity (Wildman–Crippen MR) is 92.4 cm³/mol. The van der Waals surface area contributed by atoms with Gasteiger partial charge in [0.05, 0.1) is 11.0 Å². The Balaban J connectivity index is 2.01. The van der Waals surface area contributed by atoms with Gasteiger partial charge >= 0.3 is 0 Å². The maximum absolute atomic E-state index is 13.7. The van der Waals surface area contributed by atoms with Crippen molar-refractivity contribution in [2.45, 2.75) is 0 Å². The van der Waals surface area contributed by atoms with E-state index in [2.05, 4.69) is 10.3 Å². The summed E-state index contributed by atoms with van der Waals surface area (Å²) in [4.78, 5) is 19.5. The molecule has 1 fully saturated rings. The first-order chi connectivity index (χ1) is 11.7. The van der Waals surface area contributed by atoms with Crippen molar-refractivity contribution < 1.29 is 4.39 Å². The molecule has 24 heavy (non-hydrogen) atoms. The zero-order valence-corrected chi connectivity index (χ0v) is 13.1. The van der Waals surface area contributed by atoms with E-state index in [9.17, 15) is 9.18 Å². The van der Waals surface area contributed by atoms with Crippen LogP contribution in [0, 0.1) is 5.82 Å². The fourth-order valence-electron chi connectivity index (χ4n) is 3.06. The van der Waals surface area contributed by atoms with E-state index >= 15 is 0 Å². The van der Waals surface area contributed by atoms with Gasteiger partial charge in [0.2, 0.25) is 0 Å². The average molecular weight is 324 g/mol. The Morgan fingerprint density at radius 2 is 1.79 bits per heavy atom. The molecular formula is C18H17FN4O. The van der Waals surface area contributed by atoms with Crippen LogP contribution in [0.25, 0.3) is 16.7 Å². The number of hydrogen-bond acceptors (Lipinski definition) is 4. The number of benzene rings is 2. The van der Waals surface area contributed by atoms with Gasteiger partial charge in [0.1, 0.15) is 5.82 Å². The van der Waals surface area contributed by atoms with Crippen molar-refractivity contribution in [3.05, 3.63) is 64.7 Å². The van der Waals surface area contributed by atoms with Crippen LogP contribution in [0.2, 0.25) is 0 Å². The summed E-state index contributed by atoms with van der Waals surface area (Å²) in [6.45, 7) is 3.01. The van der Waals surface area contributed by atoms with E-state index in [1.807, 2.05) is 35.2 Å². The minimum Gasteiger partial charge on any atom is -0.349 e. The van der Waals surface area contributed by atoms with Gasteiger partial charge in [-0.15, -0.1) is 0 Å². The fourth-order valence-corrected chi connectivity index (χ4v) is 3.06. The molecule has 3 aromatic rings. The summed E-state index contributed by atoms with van der Waals surface area (Å²) in [5, 5.41) is 3.26. The maximum atomic E-state index is 13.7. The molecule has 0 saturated carbocycles. The molecule has 122 valence electrons. The molecule has 2 heterocycles. The van der Waals surface area contributed by atoms with Gasteiger partial charge < -0.3 is 10.2 Å². The molecule has 0 spiro atoms. The van der Waals surface area contributed by atoms with E-state index in [1.165, 1.54) is 12.1 Å². The minimum absolute atomic E-state index is 0.179. The summed E-state index contributed by atoms with van der Waals surface area (Å²) in [6.07, 6.45) is 0. The Morgan fingerprint density at radius 1 is 1.04 bits per heavy atom. The van der Waals surface area contributed by atoms with Crippen LogP contribution in [0.1, 0.15) is 0 Å². The third-order valence-electron chi connectivity index (χ3n) is 4.23. The molecule has 1 aliphatic heterocycles. The number of nitrogens with one attached hydrogen (secondary N) is 1. The summed E-state index contributed by atoms with van der Waals surface area (Å²) in [6, 6.07) is 13.7. The van der Waals surface area contributed by atoms with E-state index in [0.29, 0.717) is 29.9 Å². The second kappa shape index (κ2) is 6.05. The Hall–Kier alpha value is -2.73. The number of hydrogen-bond donors (Lipinski definition) is 1. The molecule has 0 atom stereocenters. The highest BCUT2D eigenvalue weighted by atomic mass is 19.1. The first-order valence-electron chi connectivity index (χ1n) is 7.97. The zero-order chi connectivity index (χ0) is 16.5. The lowest BCUT2D eigenvalue weighted by Crippen LogP contribution is -2.46. The molecule has 1 saturated heterocycles. The van der Waals surface area contributed by atoms with Crippen LogP contribution in [0.5, 0.6) is 0 Å². The van der Waals surface area contributed by atoms with E-state index in [4.69, 9.17) is 0 Å². The quantitative estimate of drug-likeness (QED) is 0.783. The van der Waals surface area contributed by atoms with E-state index in [0.717, 1.165) is 18.8 Å². The molecular weight excluding hydrogens is 307 g/mol. The number of anilines is 1. The lowest BCUT2D eigenvalue weighted by molar-refractivity contribution is 0.582. The number of para-hydroxylation sites is 1. The molecule has 0 radical (unpaired) electrons. The van der Waals surface area contributed by atoms with Crippen LogP contribution in [0.4, 0.5) is 10.2 Å². The van der Waals surface area contributed by atoms with Crippen molar-refractivity contribution in [2.75, 3.05) is 31.1 Å². The normalized spacial score (nSPS) is 15.0. The smallest absolute Gasteiger partial charge is 0.298 e. The third kappa shape index (κ3) is 2.55. The first-order valence-corrected chi connectivity index (χ1v) is 7.97. The van der Waals surface area contributed by atoms with Crippen LogP contribution in [0.3, 0.4) is 0 Å². The van der Waals surface area contributed by atoms with E-state index in [1.54, 1.807) is 10.6 Å². The van der Waals surface area contributed by atoms with Gasteiger partial charge in [0.15, 0.2) is 5.82 Å². The van der Waals surface area contributed by atoms with Gasteiger partial charge in [0.25, 0.3) is 5.56 Å². The largest absolute Gasteiger partial charge is 0.349 e. The van der Waals surface area contributed by atoms with Crippen molar-refractivity contribution in [1.29, 1.82) is 0 Å². The van der Waals surface area contributed by atoms with Gasteiger partial charge in [-0.2, -0.15) is 0 Å². The highest BCUT2D eigenvalue weighted by Gasteiger charge is 2.19. The van der Waals surface area contributed by atoms with Gasteiger partial charge in [-0.3, -0.25) is 9.36 Å². The Bertz CT molecular complexity index is 933. The molecule has 1 aromatic heterocycles. The van der Waals surface area contributed by atoms with E-state index in [-0.39, 0.29) is 11.4 Å². The summed E-state index contributed by atoms with van der Waals surface area (Å²) in [5.41, 5.74) is 1.65. The lowest BCUT2D eigenvalue weighted by Gasteiger charge is -2.28. The highest BCUT2D eigenvalue weighted by molar-refractivity contribution is 5.78. The average Bonchev–Trinajstić information content (AvgIpc) is 2.63. The number of nitrogens with zero attached hydrogens (tertiary/aromatic N) is 3. The number of halogens is 1. The van der Waals surface area contributed by atoms with Crippen LogP contribution in [0.15, 0.2) is 53.3 Å². The van der Waals surface area contributed by atoms with Crippen molar-refractivity contribution in [3.63, 3.8) is 0 Å². The van der Waals surface area contributed by atoms with Gasteiger partial charge in [-0.05, 0) is 24.3 Å². The molecule has 0 aliphatic carbocycles. The lowest BCUT2D eigenvalue weighted by atomic mass is 10.2. The van der Waals surface area contributed by atoms with Crippen molar-refractivity contribution in [2.24, 2.45) is 0 Å². The minimum atomic E-state index is -0.362. The molecule has 1 N–H and O–H groups in total. The zero-order valence-electron chi connectivity index (χ0n) is 13.1. The van der Waals surface area contributed by atoms with Crippen LogP contribution in [-0.4, -0.2) is 35.7 Å². The van der Waals surface area contributed by atoms with Gasteiger partial charge in [-0.25, -0.2) is 9.37 Å². The summed E-state index contributed by atoms with van der Waals surface area (Å²) in [7, 11) is 0. The summed E-state index contributed by atoms with van der Waals surface area (Å²) in [5.74, 6) is 0.0120. The molecule has 0 bridgehead atoms. The van der Waals surface area contributed by atoms with Crippen LogP contribution < -0.4 is 15.8 Å². The topological polar surface area (TPSA) is 50.2 Å². The monoisotopic (exact) mass is 324 g/mol. The number of piperazine rings is 1. The highest BCUT2D eigenvalue weighted by Crippen LogP contribution is 2.19. The van der Waals surface area contributed by atoms with Crippen LogP contribution in [-0.2, 0) is 0 Å². The molecule has 4 rings (SSSR count).